The highest BCUT2D eigenvalue weighted by Crippen LogP contribution is 2.28. The van der Waals surface area contributed by atoms with Gasteiger partial charge >= 0.3 is 12.1 Å². The Bertz CT molecular complexity index is 2130. The summed E-state index contributed by atoms with van der Waals surface area (Å²) in [6, 6.07) is 6.53. The van der Waals surface area contributed by atoms with Gasteiger partial charge in [-0.3, -0.25) is 9.59 Å². The number of fused-ring (bicyclic) bond motifs is 2. The van der Waals surface area contributed by atoms with E-state index >= 15 is 0 Å². The van der Waals surface area contributed by atoms with Crippen LogP contribution in [0.25, 0.3) is 0 Å². The van der Waals surface area contributed by atoms with Crippen LogP contribution in [-0.4, -0.2) is 151 Å². The van der Waals surface area contributed by atoms with Crippen LogP contribution >= 0.6 is 0 Å². The zero-order valence-electron chi connectivity index (χ0n) is 37.8. The fourth-order valence-corrected chi connectivity index (χ4v) is 7.65. The Morgan fingerprint density at radius 2 is 0.985 bits per heavy atom. The minimum absolute atomic E-state index is 0.00474. The van der Waals surface area contributed by atoms with E-state index < -0.39 is 72.1 Å². The Labute approximate surface area is 382 Å². The molecule has 354 valence electrons. The summed E-state index contributed by atoms with van der Waals surface area (Å²) in [5.74, 6) is -0.910. The van der Waals surface area contributed by atoms with E-state index in [0.29, 0.717) is 36.1 Å². The molecular weight excluding hydrogens is 853 g/mol. The summed E-state index contributed by atoms with van der Waals surface area (Å²) in [7, 11) is 3.16. The lowest BCUT2D eigenvalue weighted by Crippen LogP contribution is -2.62. The molecule has 2 aromatic carbocycles. The van der Waals surface area contributed by atoms with Gasteiger partial charge in [0.1, 0.15) is 48.4 Å². The number of hydrogen-bond acceptors (Lipinski definition) is 16. The lowest BCUT2D eigenvalue weighted by Gasteiger charge is -2.35. The smallest absolute Gasteiger partial charge is 0.319 e. The molecule has 0 fully saturated rings. The van der Waals surface area contributed by atoms with E-state index in [1.54, 1.807) is 78.4 Å². The van der Waals surface area contributed by atoms with Crippen LogP contribution in [0.4, 0.5) is 32.6 Å². The maximum Gasteiger partial charge on any atom is 0.319 e. The number of nitrogens with one attached hydrogen (secondary N) is 6. The Morgan fingerprint density at radius 3 is 1.33 bits per heavy atom. The second-order valence-corrected chi connectivity index (χ2v) is 17.2. The molecule has 0 saturated heterocycles. The van der Waals surface area contributed by atoms with Crippen molar-refractivity contribution >= 4 is 46.9 Å². The fourth-order valence-electron chi connectivity index (χ4n) is 7.65. The molecule has 0 spiro atoms. The molecule has 22 nitrogen and oxygen atoms in total. The van der Waals surface area contributed by atoms with Crippen molar-refractivity contribution in [2.24, 2.45) is 11.8 Å². The minimum Gasteiger partial charge on any atom is -0.508 e. The molecule has 2 aliphatic rings. The molecule has 0 unspecified atom stereocenters. The summed E-state index contributed by atoms with van der Waals surface area (Å²) in [6.07, 6.45) is 2.55. The highest BCUT2D eigenvalue weighted by Gasteiger charge is 2.38. The van der Waals surface area contributed by atoms with Crippen molar-refractivity contribution in [3.05, 3.63) is 84.7 Å². The van der Waals surface area contributed by atoms with Crippen LogP contribution in [-0.2, 0) is 22.4 Å². The normalized spacial score (nSPS) is 15.5. The molecule has 0 saturated carbocycles. The maximum atomic E-state index is 14.2. The van der Waals surface area contributed by atoms with Gasteiger partial charge in [-0.25, -0.2) is 29.5 Å². The molecule has 6 amide bonds. The Morgan fingerprint density at radius 1 is 0.621 bits per heavy atom. The number of urea groups is 2. The second-order valence-electron chi connectivity index (χ2n) is 17.2. The summed E-state index contributed by atoms with van der Waals surface area (Å²) >= 11 is 0. The molecule has 0 radical (unpaired) electrons. The van der Waals surface area contributed by atoms with Gasteiger partial charge in [0, 0.05) is 14.1 Å². The first-order chi connectivity index (χ1) is 31.5. The van der Waals surface area contributed by atoms with Crippen LogP contribution < -0.4 is 41.7 Å². The summed E-state index contributed by atoms with van der Waals surface area (Å²) in [5, 5.41) is 61.9. The second kappa shape index (κ2) is 21.7. The summed E-state index contributed by atoms with van der Waals surface area (Å²) < 4.78 is 0. The molecule has 0 aliphatic carbocycles. The number of phenols is 2. The summed E-state index contributed by atoms with van der Waals surface area (Å²) in [5.41, 5.74) is 2.62. The number of aliphatic hydroxyl groups is 2. The number of amides is 6. The maximum absolute atomic E-state index is 14.2. The lowest BCUT2D eigenvalue weighted by molar-refractivity contribution is -0.129. The quantitative estimate of drug-likeness (QED) is 0.0632. The van der Waals surface area contributed by atoms with Crippen molar-refractivity contribution in [3.8, 4) is 11.5 Å². The largest absolute Gasteiger partial charge is 0.508 e. The van der Waals surface area contributed by atoms with Crippen molar-refractivity contribution in [1.82, 2.24) is 51.0 Å². The molecule has 4 aromatic rings. The summed E-state index contributed by atoms with van der Waals surface area (Å²) in [4.78, 5) is 78.7. The molecule has 10 N–H and O–H groups in total. The van der Waals surface area contributed by atoms with Crippen molar-refractivity contribution in [2.75, 3.05) is 61.2 Å². The van der Waals surface area contributed by atoms with Crippen LogP contribution in [0.3, 0.4) is 0 Å². The standard InChI is InChI=1S/C44H60N14O8/c1-25(2)35(53-43(65)55(5)23-57-21-49-33-17-45-19-47-39(33)57)41(63)51-31(15-27-7-11-29(59)12-8-27)37(61)38(62)32(16-28-9-13-30(60)14-10-28)52-42(64)36(26(3)4)54-44(66)56(6)24-58-22-50-34-18-46-20-48-40(34)58/h7-14,17-20,25-26,31-32,35-38,49-50,59-62H,15-16,21-24H2,1-6H3,(H,51,63)(H,52,64)(H,53,65)(H,54,66)/t31-,32-,35-,36-,37-,38+/m0/s1. The van der Waals surface area contributed by atoms with Crippen LogP contribution in [0.5, 0.6) is 11.5 Å². The number of nitrogens with zero attached hydrogens (tertiary/aromatic N) is 8. The number of rotatable bonds is 19. The zero-order chi connectivity index (χ0) is 47.7. The van der Waals surface area contributed by atoms with E-state index in [1.165, 1.54) is 46.7 Å². The number of anilines is 4. The highest BCUT2D eigenvalue weighted by atomic mass is 16.3. The van der Waals surface area contributed by atoms with E-state index in [0.717, 1.165) is 11.4 Å². The van der Waals surface area contributed by atoms with E-state index in [4.69, 9.17) is 0 Å². The first-order valence-electron chi connectivity index (χ1n) is 21.6. The highest BCUT2D eigenvalue weighted by molar-refractivity contribution is 5.88. The third kappa shape index (κ3) is 12.1. The SMILES string of the molecule is CC(C)[C@H](NC(=O)N(C)CN1CNc2cncnc21)C(=O)N[C@@H](Cc1ccc(O)cc1)[C@H](O)[C@H](O)[C@H](Cc1ccc(O)cc1)NC(=O)[C@@H](NC(=O)N(C)CN1CNc2cncnc21)C(C)C. The molecule has 6 rings (SSSR count). The van der Waals surface area contributed by atoms with E-state index in [9.17, 15) is 39.6 Å². The van der Waals surface area contributed by atoms with Gasteiger partial charge in [-0.15, -0.1) is 0 Å². The van der Waals surface area contributed by atoms with E-state index in [-0.39, 0.29) is 37.7 Å². The third-order valence-electron chi connectivity index (χ3n) is 11.4. The molecule has 0 bridgehead atoms. The van der Waals surface area contributed by atoms with Crippen LogP contribution in [0.1, 0.15) is 38.8 Å². The number of carbonyl (C=O) groups excluding carboxylic acids is 4. The van der Waals surface area contributed by atoms with E-state index in [1.807, 2.05) is 9.80 Å². The fraction of sp³-hybridized carbons (Fsp3) is 0.455. The first-order valence-corrected chi connectivity index (χ1v) is 21.6. The van der Waals surface area contributed by atoms with Crippen LogP contribution in [0.15, 0.2) is 73.6 Å². The molecule has 66 heavy (non-hydrogen) atoms. The number of aromatic hydroxyl groups is 2. The van der Waals surface area contributed by atoms with Crippen molar-refractivity contribution in [1.29, 1.82) is 0 Å². The molecule has 4 heterocycles. The predicted molar refractivity (Wildman–Crippen MR) is 245 cm³/mol. The number of hydrogen-bond donors (Lipinski definition) is 10. The van der Waals surface area contributed by atoms with Gasteiger partial charge in [-0.2, -0.15) is 0 Å². The van der Waals surface area contributed by atoms with Gasteiger partial charge in [0.15, 0.2) is 11.6 Å². The van der Waals surface area contributed by atoms with Crippen LogP contribution in [0.2, 0.25) is 0 Å². The molecule has 22 heteroatoms. The molecular formula is C44H60N14O8. The predicted octanol–water partition coefficient (Wildman–Crippen LogP) is 1.18. The molecule has 2 aliphatic heterocycles. The topological polar surface area (TPSA) is 286 Å². The average Bonchev–Trinajstić information content (AvgIpc) is 3.90. The Balaban J connectivity index is 1.19. The average molecular weight is 913 g/mol. The van der Waals surface area contributed by atoms with Crippen molar-refractivity contribution < 1.29 is 39.6 Å². The zero-order valence-corrected chi connectivity index (χ0v) is 37.8. The van der Waals surface area contributed by atoms with Crippen molar-refractivity contribution in [3.63, 3.8) is 0 Å². The molecule has 2 aromatic heterocycles. The number of aromatic nitrogens is 4. The number of phenolic OH excluding ortho intramolecular Hbond substituents is 2. The Hall–Kier alpha value is -7.20. The van der Waals surface area contributed by atoms with E-state index in [2.05, 4.69) is 51.8 Å². The monoisotopic (exact) mass is 912 g/mol. The minimum atomic E-state index is -1.74. The van der Waals surface area contributed by atoms with Gasteiger partial charge in [0.05, 0.1) is 62.5 Å². The van der Waals surface area contributed by atoms with Crippen molar-refractivity contribution in [2.45, 2.75) is 76.9 Å². The van der Waals surface area contributed by atoms with Gasteiger partial charge < -0.3 is 71.9 Å². The Kier molecular flexibility index (Phi) is 15.8. The number of aliphatic hydroxyl groups excluding tert-OH is 2. The van der Waals surface area contributed by atoms with Gasteiger partial charge in [-0.05, 0) is 60.1 Å². The van der Waals surface area contributed by atoms with Gasteiger partial charge in [0.25, 0.3) is 0 Å². The summed E-state index contributed by atoms with van der Waals surface area (Å²) in [6.45, 7) is 8.07. The van der Waals surface area contributed by atoms with Crippen LogP contribution in [0, 0.1) is 11.8 Å². The number of benzene rings is 2. The number of carbonyl (C=O) groups is 4. The lowest BCUT2D eigenvalue weighted by atomic mass is 9.90. The van der Waals surface area contributed by atoms with Gasteiger partial charge in [0.2, 0.25) is 11.8 Å². The first kappa shape index (κ1) is 48.3. The molecule has 6 atom stereocenters. The third-order valence-corrected chi connectivity index (χ3v) is 11.4. The van der Waals surface area contributed by atoms with Gasteiger partial charge in [-0.1, -0.05) is 52.0 Å².